The number of aliphatic hydroxyl groups excluding tert-OH is 1. The van der Waals surface area contributed by atoms with Gasteiger partial charge >= 0.3 is 0 Å². The molecule has 0 saturated carbocycles. The molecule has 0 aromatic carbocycles. The summed E-state index contributed by atoms with van der Waals surface area (Å²) >= 11 is 0. The fourth-order valence-electron chi connectivity index (χ4n) is 6.90. The standard InChI is InChI=1S/C30H37N7O4/c1-34(2)6-7-36-22-9-23(36)15-35(14-22)27-4-3-19(12-32-27)25-10-24(16-37-28(25)21(11-31)13-33-37)39-8-5-20-17-40-30-26(38)18-41-29(20)30/h3-4,10,12-13,16,20,22-23,26,29-30,38H,5-9,14-15,17-18H2,1-2H3. The summed E-state index contributed by atoms with van der Waals surface area (Å²) in [5.41, 5.74) is 3.02. The molecule has 6 unspecified atom stereocenters. The summed E-state index contributed by atoms with van der Waals surface area (Å²) in [6, 6.07) is 9.60. The molecule has 216 valence electrons. The Morgan fingerprint density at radius 2 is 1.98 bits per heavy atom. The zero-order valence-electron chi connectivity index (χ0n) is 23.6. The van der Waals surface area contributed by atoms with Gasteiger partial charge in [0.25, 0.3) is 0 Å². The lowest BCUT2D eigenvalue weighted by atomic mass is 9.87. The van der Waals surface area contributed by atoms with Gasteiger partial charge in [-0.2, -0.15) is 10.4 Å². The van der Waals surface area contributed by atoms with E-state index in [1.807, 2.05) is 18.5 Å². The van der Waals surface area contributed by atoms with Crippen molar-refractivity contribution in [2.45, 2.75) is 43.2 Å². The number of rotatable bonds is 9. The van der Waals surface area contributed by atoms with E-state index in [9.17, 15) is 10.4 Å². The highest BCUT2D eigenvalue weighted by molar-refractivity contribution is 5.85. The number of hydrogen-bond acceptors (Lipinski definition) is 10. The van der Waals surface area contributed by atoms with Gasteiger partial charge in [0.05, 0.1) is 49.4 Å². The van der Waals surface area contributed by atoms with Crippen LogP contribution in [0.5, 0.6) is 5.75 Å². The third-order valence-electron chi connectivity index (χ3n) is 9.13. The maximum Gasteiger partial charge on any atom is 0.138 e. The minimum Gasteiger partial charge on any atom is -0.492 e. The number of aliphatic hydroxyl groups is 1. The monoisotopic (exact) mass is 559 g/mol. The molecule has 8 heterocycles. The molecule has 5 saturated heterocycles. The summed E-state index contributed by atoms with van der Waals surface area (Å²) in [6.45, 7) is 5.59. The van der Waals surface area contributed by atoms with E-state index < -0.39 is 6.10 Å². The van der Waals surface area contributed by atoms with Gasteiger partial charge < -0.3 is 29.1 Å². The van der Waals surface area contributed by atoms with Crippen molar-refractivity contribution in [2.24, 2.45) is 5.92 Å². The van der Waals surface area contributed by atoms with Crippen LogP contribution in [0, 0.1) is 17.2 Å². The summed E-state index contributed by atoms with van der Waals surface area (Å²) in [6.07, 6.45) is 6.47. The van der Waals surface area contributed by atoms with Gasteiger partial charge in [-0.05, 0) is 45.1 Å². The Bertz CT molecular complexity index is 1430. The number of nitrogens with zero attached hydrogens (tertiary/aromatic N) is 7. The molecular formula is C30H37N7O4. The van der Waals surface area contributed by atoms with Crippen LogP contribution in [0.1, 0.15) is 18.4 Å². The van der Waals surface area contributed by atoms with Gasteiger partial charge in [0.1, 0.15) is 29.8 Å². The predicted molar refractivity (Wildman–Crippen MR) is 152 cm³/mol. The highest BCUT2D eigenvalue weighted by Crippen LogP contribution is 2.36. The summed E-state index contributed by atoms with van der Waals surface area (Å²) in [5.74, 6) is 1.85. The molecular weight excluding hydrogens is 522 g/mol. The number of ether oxygens (including phenoxy) is 3. The van der Waals surface area contributed by atoms with Crippen molar-refractivity contribution in [3.63, 3.8) is 0 Å². The Hall–Kier alpha value is -3.27. The topological polar surface area (TPSA) is 112 Å². The van der Waals surface area contributed by atoms with Gasteiger partial charge in [0, 0.05) is 61.5 Å². The molecule has 5 aliphatic rings. The molecule has 8 rings (SSSR count). The van der Waals surface area contributed by atoms with Crippen molar-refractivity contribution < 1.29 is 19.3 Å². The normalized spacial score (nSPS) is 29.1. The fraction of sp³-hybridized carbons (Fsp3) is 0.567. The second-order valence-electron chi connectivity index (χ2n) is 12.0. The van der Waals surface area contributed by atoms with Gasteiger partial charge in [0.2, 0.25) is 0 Å². The first-order valence-electron chi connectivity index (χ1n) is 14.6. The van der Waals surface area contributed by atoms with Gasteiger partial charge in [-0.15, -0.1) is 0 Å². The third-order valence-corrected chi connectivity index (χ3v) is 9.13. The SMILES string of the molecule is CN(C)CCN1C2CC1CN(c1ccc(-c3cc(OCCC4COC5C(O)COC45)cn4ncc(C#N)c34)cn1)C2. The highest BCUT2D eigenvalue weighted by Gasteiger charge is 2.47. The first-order valence-corrected chi connectivity index (χ1v) is 14.6. The van der Waals surface area contributed by atoms with Gasteiger partial charge in [-0.25, -0.2) is 9.50 Å². The van der Waals surface area contributed by atoms with Crippen molar-refractivity contribution >= 4 is 11.3 Å². The summed E-state index contributed by atoms with van der Waals surface area (Å²) in [7, 11) is 4.26. The van der Waals surface area contributed by atoms with Crippen LogP contribution in [0.4, 0.5) is 5.82 Å². The fourth-order valence-corrected chi connectivity index (χ4v) is 6.90. The van der Waals surface area contributed by atoms with Gasteiger partial charge in [0.15, 0.2) is 0 Å². The number of aromatic nitrogens is 3. The molecule has 0 amide bonds. The first kappa shape index (κ1) is 26.6. The van der Waals surface area contributed by atoms with Crippen molar-refractivity contribution in [1.29, 1.82) is 5.26 Å². The van der Waals surface area contributed by atoms with E-state index in [4.69, 9.17) is 19.2 Å². The Balaban J connectivity index is 1.06. The average Bonchev–Trinajstić information content (AvgIpc) is 3.69. The zero-order chi connectivity index (χ0) is 28.1. The van der Waals surface area contributed by atoms with E-state index in [0.717, 1.165) is 55.1 Å². The average molecular weight is 560 g/mol. The van der Waals surface area contributed by atoms with Crippen molar-refractivity contribution in [1.82, 2.24) is 24.4 Å². The highest BCUT2D eigenvalue weighted by atomic mass is 16.6. The lowest BCUT2D eigenvalue weighted by Crippen LogP contribution is -2.69. The number of piperidine rings is 1. The lowest BCUT2D eigenvalue weighted by molar-refractivity contribution is -0.00479. The smallest absolute Gasteiger partial charge is 0.138 e. The number of anilines is 1. The summed E-state index contributed by atoms with van der Waals surface area (Å²) in [5, 5.41) is 24.2. The second-order valence-corrected chi connectivity index (χ2v) is 12.0. The van der Waals surface area contributed by atoms with E-state index in [2.05, 4.69) is 52.1 Å². The number of fused-ring (bicyclic) bond motifs is 4. The first-order chi connectivity index (χ1) is 20.0. The maximum atomic E-state index is 10.0. The van der Waals surface area contributed by atoms with Crippen LogP contribution >= 0.6 is 0 Å². The third kappa shape index (κ3) is 4.94. The summed E-state index contributed by atoms with van der Waals surface area (Å²) < 4.78 is 19.4. The van der Waals surface area contributed by atoms with Crippen LogP contribution in [0.15, 0.2) is 36.8 Å². The lowest BCUT2D eigenvalue weighted by Gasteiger charge is -2.57. The van der Waals surface area contributed by atoms with Crippen LogP contribution in [0.25, 0.3) is 16.6 Å². The van der Waals surface area contributed by atoms with E-state index in [-0.39, 0.29) is 18.1 Å². The van der Waals surface area contributed by atoms with Gasteiger partial charge in [-0.1, -0.05) is 0 Å². The molecule has 2 bridgehead atoms. The molecule has 6 atom stereocenters. The van der Waals surface area contributed by atoms with Crippen LogP contribution < -0.4 is 9.64 Å². The van der Waals surface area contributed by atoms with Crippen LogP contribution in [-0.2, 0) is 9.47 Å². The van der Waals surface area contributed by atoms with Crippen molar-refractivity contribution in [3.05, 3.63) is 42.4 Å². The molecule has 41 heavy (non-hydrogen) atoms. The molecule has 5 aliphatic heterocycles. The molecule has 0 aliphatic carbocycles. The molecule has 0 radical (unpaired) electrons. The van der Waals surface area contributed by atoms with Crippen LogP contribution in [0.3, 0.4) is 0 Å². The molecule has 3 aromatic rings. The number of pyridine rings is 2. The minimum absolute atomic E-state index is 0.0764. The minimum atomic E-state index is -0.548. The Morgan fingerprint density at radius 3 is 2.73 bits per heavy atom. The molecule has 1 N–H and O–H groups in total. The number of hydrogen-bond donors (Lipinski definition) is 1. The Labute approximate surface area is 239 Å². The number of likely N-dealkylation sites (N-methyl/N-ethyl adjacent to an activating group) is 1. The van der Waals surface area contributed by atoms with Crippen molar-refractivity contribution in [2.75, 3.05) is 65.0 Å². The molecule has 5 fully saturated rings. The van der Waals surface area contributed by atoms with E-state index in [0.29, 0.717) is 43.2 Å². The van der Waals surface area contributed by atoms with Crippen LogP contribution in [0.2, 0.25) is 0 Å². The Kier molecular flexibility index (Phi) is 7.05. The molecule has 0 spiro atoms. The second kappa shape index (κ2) is 10.9. The van der Waals surface area contributed by atoms with E-state index in [1.54, 1.807) is 10.7 Å². The summed E-state index contributed by atoms with van der Waals surface area (Å²) in [4.78, 5) is 12.1. The molecule has 11 nitrogen and oxygen atoms in total. The quantitative estimate of drug-likeness (QED) is 0.415. The maximum absolute atomic E-state index is 10.0. The van der Waals surface area contributed by atoms with Crippen molar-refractivity contribution in [3.8, 4) is 22.9 Å². The largest absolute Gasteiger partial charge is 0.492 e. The number of piperazine rings is 1. The van der Waals surface area contributed by atoms with Gasteiger partial charge in [-0.3, -0.25) is 4.90 Å². The predicted octanol–water partition coefficient (Wildman–Crippen LogP) is 1.64. The zero-order valence-corrected chi connectivity index (χ0v) is 23.6. The number of nitriles is 1. The van der Waals surface area contributed by atoms with E-state index in [1.165, 1.54) is 6.42 Å². The van der Waals surface area contributed by atoms with E-state index >= 15 is 0 Å². The molecule has 3 aromatic heterocycles. The molecule has 11 heteroatoms. The Morgan fingerprint density at radius 1 is 1.15 bits per heavy atom. The van der Waals surface area contributed by atoms with Crippen LogP contribution in [-0.4, -0.2) is 120 Å².